The summed E-state index contributed by atoms with van der Waals surface area (Å²) in [4.78, 5) is 23.6. The maximum absolute atomic E-state index is 13.0. The van der Waals surface area contributed by atoms with Gasteiger partial charge in [-0.3, -0.25) is 9.59 Å². The maximum Gasteiger partial charge on any atom is 0.251 e. The second kappa shape index (κ2) is 9.50. The lowest BCUT2D eigenvalue weighted by atomic mass is 10.1. The fourth-order valence-corrected chi connectivity index (χ4v) is 2.72. The largest absolute Gasteiger partial charge is 0.489 e. The van der Waals surface area contributed by atoms with E-state index in [1.807, 2.05) is 18.2 Å². The summed E-state index contributed by atoms with van der Waals surface area (Å²) in [5.41, 5.74) is 2.86. The van der Waals surface area contributed by atoms with Crippen LogP contribution < -0.4 is 15.4 Å². The Labute approximate surface area is 168 Å². The van der Waals surface area contributed by atoms with Crippen LogP contribution in [0.25, 0.3) is 0 Å². The molecule has 0 spiro atoms. The summed E-state index contributed by atoms with van der Waals surface area (Å²) in [6, 6.07) is 20.2. The summed E-state index contributed by atoms with van der Waals surface area (Å²) in [5, 5.41) is 5.57. The number of benzene rings is 3. The molecule has 2 amide bonds. The molecule has 0 heterocycles. The van der Waals surface area contributed by atoms with Crippen molar-refractivity contribution in [3.8, 4) is 5.75 Å². The van der Waals surface area contributed by atoms with Gasteiger partial charge in [0.1, 0.15) is 18.2 Å². The van der Waals surface area contributed by atoms with Gasteiger partial charge in [-0.25, -0.2) is 4.39 Å². The van der Waals surface area contributed by atoms with Gasteiger partial charge in [0.2, 0.25) is 5.91 Å². The number of hydrogen-bond donors (Lipinski definition) is 2. The number of hydrogen-bond acceptors (Lipinski definition) is 3. The minimum Gasteiger partial charge on any atom is -0.489 e. The van der Waals surface area contributed by atoms with Crippen LogP contribution in [0.4, 0.5) is 10.1 Å². The predicted octanol–water partition coefficient (Wildman–Crippen LogP) is 4.29. The van der Waals surface area contributed by atoms with Crippen LogP contribution in [-0.2, 0) is 17.9 Å². The minimum absolute atomic E-state index is 0.149. The summed E-state index contributed by atoms with van der Waals surface area (Å²) in [5.74, 6) is -0.129. The second-order valence-corrected chi connectivity index (χ2v) is 6.51. The molecule has 0 aliphatic carbocycles. The van der Waals surface area contributed by atoms with Crippen LogP contribution in [-0.4, -0.2) is 11.8 Å². The lowest BCUT2D eigenvalue weighted by Gasteiger charge is -2.10. The smallest absolute Gasteiger partial charge is 0.251 e. The Kier molecular flexibility index (Phi) is 6.58. The van der Waals surface area contributed by atoms with Gasteiger partial charge < -0.3 is 15.4 Å². The van der Waals surface area contributed by atoms with E-state index in [4.69, 9.17) is 4.74 Å². The quantitative estimate of drug-likeness (QED) is 0.630. The van der Waals surface area contributed by atoms with Crippen molar-refractivity contribution in [2.75, 3.05) is 5.32 Å². The van der Waals surface area contributed by atoms with E-state index < -0.39 is 0 Å². The fourth-order valence-electron chi connectivity index (χ4n) is 2.72. The van der Waals surface area contributed by atoms with Crippen LogP contribution in [0.2, 0.25) is 0 Å². The van der Waals surface area contributed by atoms with Gasteiger partial charge in [0.15, 0.2) is 0 Å². The van der Waals surface area contributed by atoms with Crippen molar-refractivity contribution < 1.29 is 18.7 Å². The topological polar surface area (TPSA) is 67.4 Å². The zero-order chi connectivity index (χ0) is 20.6. The summed E-state index contributed by atoms with van der Waals surface area (Å²) >= 11 is 0. The van der Waals surface area contributed by atoms with Crippen LogP contribution in [0.1, 0.15) is 28.4 Å². The van der Waals surface area contributed by atoms with Crippen LogP contribution in [0.15, 0.2) is 72.8 Å². The zero-order valence-corrected chi connectivity index (χ0v) is 15.9. The molecule has 148 valence electrons. The first-order chi connectivity index (χ1) is 14.0. The monoisotopic (exact) mass is 392 g/mol. The molecule has 5 nitrogen and oxygen atoms in total. The number of halogens is 1. The third-order valence-electron chi connectivity index (χ3n) is 4.12. The van der Waals surface area contributed by atoms with Crippen molar-refractivity contribution in [1.29, 1.82) is 0 Å². The highest BCUT2D eigenvalue weighted by atomic mass is 19.1. The maximum atomic E-state index is 13.0. The average molecular weight is 392 g/mol. The Hall–Kier alpha value is -3.67. The molecular weight excluding hydrogens is 371 g/mol. The highest BCUT2D eigenvalue weighted by Crippen LogP contribution is 2.16. The SMILES string of the molecule is CC(=O)Nc1cccc(CNC(=O)c2cccc(OCc3ccc(F)cc3)c2)c1. The van der Waals surface area contributed by atoms with Gasteiger partial charge in [-0.05, 0) is 53.6 Å². The van der Waals surface area contributed by atoms with Crippen molar-refractivity contribution >= 4 is 17.5 Å². The molecule has 0 saturated carbocycles. The van der Waals surface area contributed by atoms with Crippen molar-refractivity contribution in [1.82, 2.24) is 5.32 Å². The van der Waals surface area contributed by atoms with Gasteiger partial charge in [-0.2, -0.15) is 0 Å². The van der Waals surface area contributed by atoms with Gasteiger partial charge in [0.05, 0.1) is 0 Å². The molecule has 6 heteroatoms. The highest BCUT2D eigenvalue weighted by Gasteiger charge is 2.07. The molecular formula is C23H21FN2O3. The van der Waals surface area contributed by atoms with E-state index in [1.54, 1.807) is 42.5 Å². The molecule has 3 rings (SSSR count). The number of carbonyl (C=O) groups is 2. The summed E-state index contributed by atoms with van der Waals surface area (Å²) in [6.07, 6.45) is 0. The van der Waals surface area contributed by atoms with E-state index in [1.165, 1.54) is 19.1 Å². The van der Waals surface area contributed by atoms with Gasteiger partial charge >= 0.3 is 0 Å². The van der Waals surface area contributed by atoms with E-state index in [2.05, 4.69) is 10.6 Å². The van der Waals surface area contributed by atoms with Gasteiger partial charge in [-0.1, -0.05) is 30.3 Å². The summed E-state index contributed by atoms with van der Waals surface area (Å²) in [6.45, 7) is 2.05. The third kappa shape index (κ3) is 6.17. The molecule has 29 heavy (non-hydrogen) atoms. The molecule has 0 atom stereocenters. The second-order valence-electron chi connectivity index (χ2n) is 6.51. The first kappa shape index (κ1) is 20.1. The Morgan fingerprint density at radius 3 is 2.45 bits per heavy atom. The fraction of sp³-hybridized carbons (Fsp3) is 0.130. The first-order valence-electron chi connectivity index (χ1n) is 9.11. The number of rotatable bonds is 7. The summed E-state index contributed by atoms with van der Waals surface area (Å²) in [7, 11) is 0. The van der Waals surface area contributed by atoms with Crippen LogP contribution in [0, 0.1) is 5.82 Å². The molecule has 0 aromatic heterocycles. The van der Waals surface area contributed by atoms with Gasteiger partial charge in [0, 0.05) is 24.7 Å². The molecule has 0 unspecified atom stereocenters. The average Bonchev–Trinajstić information content (AvgIpc) is 2.71. The molecule has 0 saturated heterocycles. The number of carbonyl (C=O) groups excluding carboxylic acids is 2. The van der Waals surface area contributed by atoms with Crippen molar-refractivity contribution in [3.05, 3.63) is 95.3 Å². The van der Waals surface area contributed by atoms with E-state index in [0.717, 1.165) is 11.1 Å². The molecule has 0 fully saturated rings. The van der Waals surface area contributed by atoms with Crippen LogP contribution in [0.3, 0.4) is 0 Å². The molecule has 0 aliphatic rings. The Morgan fingerprint density at radius 1 is 0.931 bits per heavy atom. The van der Waals surface area contributed by atoms with Gasteiger partial charge in [-0.15, -0.1) is 0 Å². The van der Waals surface area contributed by atoms with Crippen molar-refractivity contribution in [3.63, 3.8) is 0 Å². The minimum atomic E-state index is -0.296. The Morgan fingerprint density at radius 2 is 1.69 bits per heavy atom. The van der Waals surface area contributed by atoms with E-state index in [9.17, 15) is 14.0 Å². The third-order valence-corrected chi connectivity index (χ3v) is 4.12. The highest BCUT2D eigenvalue weighted by molar-refractivity contribution is 5.94. The van der Waals surface area contributed by atoms with Gasteiger partial charge in [0.25, 0.3) is 5.91 Å². The van der Waals surface area contributed by atoms with Crippen LogP contribution >= 0.6 is 0 Å². The first-order valence-corrected chi connectivity index (χ1v) is 9.11. The lowest BCUT2D eigenvalue weighted by molar-refractivity contribution is -0.114. The zero-order valence-electron chi connectivity index (χ0n) is 15.9. The number of ether oxygens (including phenoxy) is 1. The molecule has 0 radical (unpaired) electrons. The Balaban J connectivity index is 1.57. The van der Waals surface area contributed by atoms with Crippen molar-refractivity contribution in [2.24, 2.45) is 0 Å². The number of amides is 2. The van der Waals surface area contributed by atoms with E-state index >= 15 is 0 Å². The predicted molar refractivity (Wildman–Crippen MR) is 109 cm³/mol. The van der Waals surface area contributed by atoms with Crippen molar-refractivity contribution in [2.45, 2.75) is 20.1 Å². The standard InChI is InChI=1S/C23H21FN2O3/c1-16(27)26-21-6-2-4-18(12-21)14-25-23(28)19-5-3-7-22(13-19)29-15-17-8-10-20(24)11-9-17/h2-13H,14-15H2,1H3,(H,25,28)(H,26,27). The molecule has 0 bridgehead atoms. The van der Waals surface area contributed by atoms with E-state index in [-0.39, 0.29) is 24.2 Å². The molecule has 2 N–H and O–H groups in total. The lowest BCUT2D eigenvalue weighted by Crippen LogP contribution is -2.22. The van der Waals surface area contributed by atoms with Crippen LogP contribution in [0.5, 0.6) is 5.75 Å². The molecule has 3 aromatic carbocycles. The van der Waals surface area contributed by atoms with E-state index in [0.29, 0.717) is 23.5 Å². The summed E-state index contributed by atoms with van der Waals surface area (Å²) < 4.78 is 18.7. The Bertz CT molecular complexity index is 1000. The molecule has 3 aromatic rings. The molecule has 0 aliphatic heterocycles. The number of nitrogens with one attached hydrogen (secondary N) is 2. The normalized spacial score (nSPS) is 10.3. The number of anilines is 1.